The molecule has 2 aromatic rings. The molecule has 0 aliphatic heterocycles. The van der Waals surface area contributed by atoms with Crippen LogP contribution in [0.15, 0.2) is 54.6 Å². The lowest BCUT2D eigenvalue weighted by Crippen LogP contribution is -1.96. The summed E-state index contributed by atoms with van der Waals surface area (Å²) in [6.45, 7) is 0. The van der Waals surface area contributed by atoms with Gasteiger partial charge in [0.15, 0.2) is 0 Å². The van der Waals surface area contributed by atoms with Crippen molar-refractivity contribution in [3.63, 3.8) is 0 Å². The third-order valence-electron chi connectivity index (χ3n) is 4.54. The van der Waals surface area contributed by atoms with Gasteiger partial charge in [0.1, 0.15) is 5.75 Å². The summed E-state index contributed by atoms with van der Waals surface area (Å²) in [5.74, 6) is 0.366. The minimum Gasteiger partial charge on any atom is -0.508 e. The molecule has 0 heterocycles. The zero-order valence-corrected chi connectivity index (χ0v) is 14.5. The van der Waals surface area contributed by atoms with E-state index in [4.69, 9.17) is 0 Å². The van der Waals surface area contributed by atoms with Crippen molar-refractivity contribution in [3.05, 3.63) is 65.7 Å². The van der Waals surface area contributed by atoms with Gasteiger partial charge in [-0.15, -0.1) is 0 Å². The molecule has 0 saturated heterocycles. The SMILES string of the molecule is Oc1cccc(CCCCCCCCC[C@H](O)c2ccccc2)c1. The van der Waals surface area contributed by atoms with E-state index in [2.05, 4.69) is 6.07 Å². The first-order valence-electron chi connectivity index (χ1n) is 9.26. The molecule has 1 atom stereocenters. The Morgan fingerprint density at radius 1 is 0.708 bits per heavy atom. The number of benzene rings is 2. The average molecular weight is 326 g/mol. The van der Waals surface area contributed by atoms with Gasteiger partial charge in [-0.1, -0.05) is 81.0 Å². The Bertz CT molecular complexity index is 565. The zero-order valence-electron chi connectivity index (χ0n) is 14.5. The molecular weight excluding hydrogens is 296 g/mol. The molecule has 0 bridgehead atoms. The van der Waals surface area contributed by atoms with E-state index >= 15 is 0 Å². The monoisotopic (exact) mass is 326 g/mol. The Morgan fingerprint density at radius 2 is 1.38 bits per heavy atom. The highest BCUT2D eigenvalue weighted by atomic mass is 16.3. The molecule has 0 saturated carbocycles. The Labute approximate surface area is 146 Å². The summed E-state index contributed by atoms with van der Waals surface area (Å²) in [4.78, 5) is 0. The van der Waals surface area contributed by atoms with Crippen molar-refractivity contribution in [2.24, 2.45) is 0 Å². The molecule has 0 aliphatic rings. The van der Waals surface area contributed by atoms with Gasteiger partial charge in [0.25, 0.3) is 0 Å². The van der Waals surface area contributed by atoms with E-state index in [-0.39, 0.29) is 6.10 Å². The maximum Gasteiger partial charge on any atom is 0.115 e. The van der Waals surface area contributed by atoms with Crippen molar-refractivity contribution < 1.29 is 10.2 Å². The molecule has 2 rings (SSSR count). The molecule has 2 N–H and O–H groups in total. The second kappa shape index (κ2) is 10.9. The van der Waals surface area contributed by atoms with Crippen molar-refractivity contribution >= 4 is 0 Å². The highest BCUT2D eigenvalue weighted by Crippen LogP contribution is 2.20. The summed E-state index contributed by atoms with van der Waals surface area (Å²) in [6, 6.07) is 17.5. The van der Waals surface area contributed by atoms with Gasteiger partial charge < -0.3 is 10.2 Å². The molecule has 0 aliphatic carbocycles. The number of aliphatic hydroxyl groups excluding tert-OH is 1. The molecule has 130 valence electrons. The highest BCUT2D eigenvalue weighted by Gasteiger charge is 2.05. The molecule has 0 unspecified atom stereocenters. The van der Waals surface area contributed by atoms with Gasteiger partial charge in [-0.3, -0.25) is 0 Å². The number of rotatable bonds is 11. The van der Waals surface area contributed by atoms with Gasteiger partial charge >= 0.3 is 0 Å². The lowest BCUT2D eigenvalue weighted by Gasteiger charge is -2.10. The van der Waals surface area contributed by atoms with Crippen LogP contribution >= 0.6 is 0 Å². The van der Waals surface area contributed by atoms with Gasteiger partial charge in [0.05, 0.1) is 6.10 Å². The minimum atomic E-state index is -0.312. The summed E-state index contributed by atoms with van der Waals surface area (Å²) >= 11 is 0. The van der Waals surface area contributed by atoms with Crippen LogP contribution in [0, 0.1) is 0 Å². The standard InChI is InChI=1S/C22H30O2/c23-21-16-11-13-19(18-21)12-7-4-2-1-3-5-10-17-22(24)20-14-8-6-9-15-20/h6,8-9,11,13-16,18,22-24H,1-5,7,10,12,17H2/t22-/m0/s1. The van der Waals surface area contributed by atoms with E-state index < -0.39 is 0 Å². The predicted molar refractivity (Wildman–Crippen MR) is 100 cm³/mol. The molecule has 0 amide bonds. The van der Waals surface area contributed by atoms with E-state index in [1.165, 1.54) is 44.1 Å². The van der Waals surface area contributed by atoms with Crippen molar-refractivity contribution in [2.45, 2.75) is 63.9 Å². The number of phenols is 1. The molecular formula is C22H30O2. The van der Waals surface area contributed by atoms with Crippen LogP contribution in [-0.2, 0) is 6.42 Å². The maximum atomic E-state index is 10.1. The Morgan fingerprint density at radius 3 is 2.08 bits per heavy atom. The van der Waals surface area contributed by atoms with E-state index in [0.29, 0.717) is 5.75 Å². The number of hydrogen-bond acceptors (Lipinski definition) is 2. The summed E-state index contributed by atoms with van der Waals surface area (Å²) < 4.78 is 0. The molecule has 0 fully saturated rings. The molecule has 24 heavy (non-hydrogen) atoms. The first-order valence-corrected chi connectivity index (χ1v) is 9.26. The summed E-state index contributed by atoms with van der Waals surface area (Å²) in [5.41, 5.74) is 2.26. The smallest absolute Gasteiger partial charge is 0.115 e. The van der Waals surface area contributed by atoms with E-state index in [1.807, 2.05) is 42.5 Å². The van der Waals surface area contributed by atoms with E-state index in [9.17, 15) is 10.2 Å². The quantitative estimate of drug-likeness (QED) is 0.513. The average Bonchev–Trinajstić information content (AvgIpc) is 2.61. The number of phenolic OH excluding ortho intramolecular Hbond substituents is 1. The van der Waals surface area contributed by atoms with Gasteiger partial charge in [0, 0.05) is 0 Å². The van der Waals surface area contributed by atoms with Crippen LogP contribution in [0.3, 0.4) is 0 Å². The maximum absolute atomic E-state index is 10.1. The minimum absolute atomic E-state index is 0.312. The lowest BCUT2D eigenvalue weighted by atomic mass is 10.0. The highest BCUT2D eigenvalue weighted by molar-refractivity contribution is 5.27. The summed E-state index contributed by atoms with van der Waals surface area (Å²) in [5, 5.41) is 19.5. The largest absolute Gasteiger partial charge is 0.508 e. The molecule has 2 heteroatoms. The van der Waals surface area contributed by atoms with Crippen molar-refractivity contribution in [1.29, 1.82) is 0 Å². The fourth-order valence-electron chi connectivity index (χ4n) is 3.10. The van der Waals surface area contributed by atoms with Crippen LogP contribution in [-0.4, -0.2) is 10.2 Å². The summed E-state index contributed by atoms with van der Waals surface area (Å²) in [7, 11) is 0. The Hall–Kier alpha value is -1.80. The van der Waals surface area contributed by atoms with Crippen molar-refractivity contribution in [3.8, 4) is 5.75 Å². The molecule has 0 spiro atoms. The van der Waals surface area contributed by atoms with Crippen LogP contribution in [0.2, 0.25) is 0 Å². The van der Waals surface area contributed by atoms with Gasteiger partial charge in [-0.25, -0.2) is 0 Å². The predicted octanol–water partition coefficient (Wildman–Crippen LogP) is 5.79. The van der Waals surface area contributed by atoms with Gasteiger partial charge in [0.2, 0.25) is 0 Å². The first kappa shape index (κ1) is 18.5. The zero-order chi connectivity index (χ0) is 17.0. The Kier molecular flexibility index (Phi) is 8.40. The molecule has 0 radical (unpaired) electrons. The van der Waals surface area contributed by atoms with Gasteiger partial charge in [-0.2, -0.15) is 0 Å². The van der Waals surface area contributed by atoms with Crippen molar-refractivity contribution in [2.75, 3.05) is 0 Å². The fraction of sp³-hybridized carbons (Fsp3) is 0.455. The van der Waals surface area contributed by atoms with Crippen LogP contribution < -0.4 is 0 Å². The number of aromatic hydroxyl groups is 1. The number of aliphatic hydroxyl groups is 1. The summed E-state index contributed by atoms with van der Waals surface area (Å²) in [6.07, 6.45) is 10.2. The topological polar surface area (TPSA) is 40.5 Å². The number of aryl methyl sites for hydroxylation is 1. The van der Waals surface area contributed by atoms with Crippen LogP contribution in [0.25, 0.3) is 0 Å². The van der Waals surface area contributed by atoms with Gasteiger partial charge in [-0.05, 0) is 42.5 Å². The Balaban J connectivity index is 1.44. The molecule has 0 aromatic heterocycles. The first-order chi connectivity index (χ1) is 11.8. The number of unbranched alkanes of at least 4 members (excludes halogenated alkanes) is 6. The molecule has 2 aromatic carbocycles. The third kappa shape index (κ3) is 7.18. The molecule has 2 nitrogen and oxygen atoms in total. The van der Waals surface area contributed by atoms with E-state index in [1.54, 1.807) is 6.07 Å². The second-order valence-corrected chi connectivity index (χ2v) is 6.61. The van der Waals surface area contributed by atoms with Crippen molar-refractivity contribution in [1.82, 2.24) is 0 Å². The fourth-order valence-corrected chi connectivity index (χ4v) is 3.10. The normalized spacial score (nSPS) is 12.2. The van der Waals surface area contributed by atoms with E-state index in [0.717, 1.165) is 24.8 Å². The van der Waals surface area contributed by atoms with Crippen LogP contribution in [0.4, 0.5) is 0 Å². The lowest BCUT2D eigenvalue weighted by molar-refractivity contribution is 0.163. The second-order valence-electron chi connectivity index (χ2n) is 6.61. The van der Waals surface area contributed by atoms with Crippen LogP contribution in [0.5, 0.6) is 5.75 Å². The van der Waals surface area contributed by atoms with Crippen LogP contribution in [0.1, 0.15) is 68.6 Å². The third-order valence-corrected chi connectivity index (χ3v) is 4.54. The number of hydrogen-bond donors (Lipinski definition) is 2.